The predicted molar refractivity (Wildman–Crippen MR) is 68.6 cm³/mol. The lowest BCUT2D eigenvalue weighted by Crippen LogP contribution is -2.44. The molecule has 0 aliphatic carbocycles. The van der Waals surface area contributed by atoms with Gasteiger partial charge >= 0.3 is 12.0 Å². The van der Waals surface area contributed by atoms with Crippen molar-refractivity contribution in [1.29, 1.82) is 0 Å². The minimum atomic E-state index is -0.760. The summed E-state index contributed by atoms with van der Waals surface area (Å²) in [5.41, 5.74) is 1.19. The van der Waals surface area contributed by atoms with Gasteiger partial charge in [-0.2, -0.15) is 0 Å². The van der Waals surface area contributed by atoms with Gasteiger partial charge in [0.2, 0.25) is 0 Å². The molecule has 2 amide bonds. The number of carboxylic acid groups (broad SMARTS) is 1. The molecule has 2 N–H and O–H groups in total. The second-order valence-corrected chi connectivity index (χ2v) is 4.96. The monoisotopic (exact) mass is 268 g/mol. The fourth-order valence-corrected chi connectivity index (χ4v) is 2.36. The number of nitrogens with one attached hydrogen (secondary N) is 1. The quantitative estimate of drug-likeness (QED) is 0.788. The molecule has 0 aromatic rings. The van der Waals surface area contributed by atoms with Crippen LogP contribution in [0.25, 0.3) is 0 Å². The Labute approximate surface area is 112 Å². The molecule has 0 radical (unpaired) electrons. The SMILES string of the molecule is O=C(O)C1CCN(C(=O)NC=C2CCOCC2)CC1. The van der Waals surface area contributed by atoms with E-state index < -0.39 is 5.97 Å². The summed E-state index contributed by atoms with van der Waals surface area (Å²) < 4.78 is 5.24. The average Bonchev–Trinajstić information content (AvgIpc) is 2.46. The third-order valence-corrected chi connectivity index (χ3v) is 3.67. The van der Waals surface area contributed by atoms with Crippen molar-refractivity contribution in [2.75, 3.05) is 26.3 Å². The Morgan fingerprint density at radius 2 is 1.89 bits per heavy atom. The predicted octanol–water partition coefficient (Wildman–Crippen LogP) is 1.19. The van der Waals surface area contributed by atoms with Crippen molar-refractivity contribution in [3.8, 4) is 0 Å². The molecule has 106 valence electrons. The summed E-state index contributed by atoms with van der Waals surface area (Å²) >= 11 is 0. The van der Waals surface area contributed by atoms with E-state index >= 15 is 0 Å². The van der Waals surface area contributed by atoms with Gasteiger partial charge in [0.15, 0.2) is 0 Å². The molecule has 0 saturated carbocycles. The number of carboxylic acids is 1. The number of likely N-dealkylation sites (tertiary alicyclic amines) is 1. The molecule has 0 bridgehead atoms. The standard InChI is InChI=1S/C13H20N2O4/c16-12(17)11-1-5-15(6-2-11)13(18)14-9-10-3-7-19-8-4-10/h9,11H,1-8H2,(H,14,18)(H,16,17). The second-order valence-electron chi connectivity index (χ2n) is 4.96. The summed E-state index contributed by atoms with van der Waals surface area (Å²) in [7, 11) is 0. The smallest absolute Gasteiger partial charge is 0.321 e. The number of carbonyl (C=O) groups excluding carboxylic acids is 1. The highest BCUT2D eigenvalue weighted by Crippen LogP contribution is 2.17. The molecule has 6 nitrogen and oxygen atoms in total. The molecule has 2 rings (SSSR count). The van der Waals surface area contributed by atoms with Crippen LogP contribution < -0.4 is 5.32 Å². The maximum Gasteiger partial charge on any atom is 0.321 e. The Bertz CT molecular complexity index is 365. The Morgan fingerprint density at radius 3 is 2.47 bits per heavy atom. The van der Waals surface area contributed by atoms with Crippen LogP contribution in [0.2, 0.25) is 0 Å². The van der Waals surface area contributed by atoms with E-state index in [1.165, 1.54) is 5.57 Å². The third kappa shape index (κ3) is 3.96. The second kappa shape index (κ2) is 6.56. The van der Waals surface area contributed by atoms with Crippen LogP contribution in [0.15, 0.2) is 11.8 Å². The zero-order valence-electron chi connectivity index (χ0n) is 10.9. The lowest BCUT2D eigenvalue weighted by Gasteiger charge is -2.29. The number of hydrogen-bond acceptors (Lipinski definition) is 3. The first-order valence-electron chi connectivity index (χ1n) is 6.70. The molecule has 2 heterocycles. The molecule has 0 spiro atoms. The molecule has 0 aromatic heterocycles. The fourth-order valence-electron chi connectivity index (χ4n) is 2.36. The average molecular weight is 268 g/mol. The first-order chi connectivity index (χ1) is 9.16. The normalized spacial score (nSPS) is 21.1. The van der Waals surface area contributed by atoms with Gasteiger partial charge in [0.25, 0.3) is 0 Å². The minimum Gasteiger partial charge on any atom is -0.481 e. The van der Waals surface area contributed by atoms with E-state index in [-0.39, 0.29) is 11.9 Å². The molecule has 6 heteroatoms. The van der Waals surface area contributed by atoms with Crippen LogP contribution in [0.5, 0.6) is 0 Å². The Balaban J connectivity index is 1.76. The van der Waals surface area contributed by atoms with Gasteiger partial charge < -0.3 is 20.1 Å². The number of hydrogen-bond donors (Lipinski definition) is 2. The van der Waals surface area contributed by atoms with Crippen molar-refractivity contribution in [2.45, 2.75) is 25.7 Å². The van der Waals surface area contributed by atoms with Gasteiger partial charge in [-0.25, -0.2) is 4.79 Å². The van der Waals surface area contributed by atoms with Crippen molar-refractivity contribution < 1.29 is 19.4 Å². The van der Waals surface area contributed by atoms with Crippen molar-refractivity contribution in [3.05, 3.63) is 11.8 Å². The summed E-state index contributed by atoms with van der Waals surface area (Å²) in [5.74, 6) is -1.07. The molecule has 2 saturated heterocycles. The largest absolute Gasteiger partial charge is 0.481 e. The molecule has 0 atom stereocenters. The number of rotatable bonds is 2. The highest BCUT2D eigenvalue weighted by atomic mass is 16.5. The van der Waals surface area contributed by atoms with Gasteiger partial charge in [0.1, 0.15) is 0 Å². The lowest BCUT2D eigenvalue weighted by atomic mass is 9.97. The van der Waals surface area contributed by atoms with E-state index in [2.05, 4.69) is 5.32 Å². The van der Waals surface area contributed by atoms with E-state index in [1.54, 1.807) is 11.1 Å². The number of urea groups is 1. The van der Waals surface area contributed by atoms with E-state index in [0.29, 0.717) is 39.1 Å². The summed E-state index contributed by atoms with van der Waals surface area (Å²) in [6.45, 7) is 2.45. The summed E-state index contributed by atoms with van der Waals surface area (Å²) in [5, 5.41) is 11.7. The number of amides is 2. The number of aliphatic carboxylic acids is 1. The molecule has 19 heavy (non-hydrogen) atoms. The van der Waals surface area contributed by atoms with Crippen LogP contribution >= 0.6 is 0 Å². The van der Waals surface area contributed by atoms with Crippen LogP contribution in [0.1, 0.15) is 25.7 Å². The first kappa shape index (κ1) is 13.9. The van der Waals surface area contributed by atoms with Crippen molar-refractivity contribution >= 4 is 12.0 Å². The van der Waals surface area contributed by atoms with Crippen LogP contribution in [0.3, 0.4) is 0 Å². The number of nitrogens with zero attached hydrogens (tertiary/aromatic N) is 1. The van der Waals surface area contributed by atoms with E-state index in [4.69, 9.17) is 9.84 Å². The van der Waals surface area contributed by atoms with Crippen LogP contribution in [-0.2, 0) is 9.53 Å². The van der Waals surface area contributed by atoms with E-state index in [0.717, 1.165) is 12.8 Å². The van der Waals surface area contributed by atoms with Gasteiger partial charge in [-0.15, -0.1) is 0 Å². The van der Waals surface area contributed by atoms with Crippen molar-refractivity contribution in [3.63, 3.8) is 0 Å². The Morgan fingerprint density at radius 1 is 1.26 bits per heavy atom. The zero-order valence-corrected chi connectivity index (χ0v) is 10.9. The Hall–Kier alpha value is -1.56. The van der Waals surface area contributed by atoms with E-state index in [1.807, 2.05) is 0 Å². The van der Waals surface area contributed by atoms with Crippen molar-refractivity contribution in [1.82, 2.24) is 10.2 Å². The van der Waals surface area contributed by atoms with Crippen LogP contribution in [0, 0.1) is 5.92 Å². The van der Waals surface area contributed by atoms with Crippen molar-refractivity contribution in [2.24, 2.45) is 5.92 Å². The zero-order chi connectivity index (χ0) is 13.7. The maximum absolute atomic E-state index is 11.9. The molecule has 2 fully saturated rings. The van der Waals surface area contributed by atoms with Crippen LogP contribution in [-0.4, -0.2) is 48.3 Å². The molecule has 0 aromatic carbocycles. The Kier molecular flexibility index (Phi) is 4.79. The molecule has 2 aliphatic heterocycles. The van der Waals surface area contributed by atoms with Gasteiger partial charge in [-0.1, -0.05) is 0 Å². The minimum absolute atomic E-state index is 0.136. The number of piperidine rings is 1. The molecule has 0 unspecified atom stereocenters. The molecular weight excluding hydrogens is 248 g/mol. The van der Waals surface area contributed by atoms with Crippen LogP contribution in [0.4, 0.5) is 4.79 Å². The van der Waals surface area contributed by atoms with Gasteiger partial charge in [0, 0.05) is 19.3 Å². The van der Waals surface area contributed by atoms with Gasteiger partial charge in [-0.3, -0.25) is 4.79 Å². The maximum atomic E-state index is 11.9. The highest BCUT2D eigenvalue weighted by Gasteiger charge is 2.26. The van der Waals surface area contributed by atoms with E-state index in [9.17, 15) is 9.59 Å². The van der Waals surface area contributed by atoms with Gasteiger partial charge in [0.05, 0.1) is 19.1 Å². The number of carbonyl (C=O) groups is 2. The first-order valence-corrected chi connectivity index (χ1v) is 6.70. The lowest BCUT2D eigenvalue weighted by molar-refractivity contribution is -0.143. The van der Waals surface area contributed by atoms with Gasteiger partial charge in [-0.05, 0) is 31.3 Å². The fraction of sp³-hybridized carbons (Fsp3) is 0.692. The summed E-state index contributed by atoms with van der Waals surface area (Å²) in [6, 6.07) is -0.136. The highest BCUT2D eigenvalue weighted by molar-refractivity contribution is 5.76. The topological polar surface area (TPSA) is 78.9 Å². The summed E-state index contributed by atoms with van der Waals surface area (Å²) in [6.07, 6.45) is 4.57. The summed E-state index contributed by atoms with van der Waals surface area (Å²) in [4.78, 5) is 24.4. The molecule has 2 aliphatic rings. The third-order valence-electron chi connectivity index (χ3n) is 3.67. The number of ether oxygens (including phenoxy) is 1. The molecular formula is C13H20N2O4.